The van der Waals surface area contributed by atoms with Gasteiger partial charge in [0.15, 0.2) is 9.84 Å². The van der Waals surface area contributed by atoms with E-state index in [0.29, 0.717) is 30.9 Å². The monoisotopic (exact) mass is 361 g/mol. The summed E-state index contributed by atoms with van der Waals surface area (Å²) in [7, 11) is -3.08. The van der Waals surface area contributed by atoms with E-state index < -0.39 is 9.84 Å². The highest BCUT2D eigenvalue weighted by atomic mass is 32.2. The van der Waals surface area contributed by atoms with Crippen molar-refractivity contribution >= 4 is 15.7 Å². The van der Waals surface area contributed by atoms with Gasteiger partial charge in [-0.2, -0.15) is 0 Å². The Hall–Kier alpha value is -2.18. The van der Waals surface area contributed by atoms with Crippen LogP contribution in [0.15, 0.2) is 48.5 Å². The molecule has 0 aromatic heterocycles. The van der Waals surface area contributed by atoms with Gasteiger partial charge in [0.2, 0.25) is 0 Å². The Bertz CT molecular complexity index is 796. The molecule has 2 aromatic carbocycles. The highest BCUT2D eigenvalue weighted by Crippen LogP contribution is 2.09. The molecule has 0 aliphatic carbocycles. The van der Waals surface area contributed by atoms with E-state index in [4.69, 9.17) is 4.74 Å². The molecule has 2 rings (SSSR count). The van der Waals surface area contributed by atoms with Gasteiger partial charge in [-0.05, 0) is 35.7 Å². The highest BCUT2D eigenvalue weighted by Gasteiger charge is 2.08. The molecule has 0 unspecified atom stereocenters. The van der Waals surface area contributed by atoms with Crippen molar-refractivity contribution in [2.75, 3.05) is 12.9 Å². The first-order valence-electron chi connectivity index (χ1n) is 8.08. The van der Waals surface area contributed by atoms with Crippen LogP contribution in [0.4, 0.5) is 0 Å². The lowest BCUT2D eigenvalue weighted by molar-refractivity contribution is 0.0951. The third kappa shape index (κ3) is 6.68. The van der Waals surface area contributed by atoms with Crippen LogP contribution in [-0.4, -0.2) is 27.2 Å². The second-order valence-corrected chi connectivity index (χ2v) is 8.04. The second kappa shape index (κ2) is 8.78. The summed E-state index contributed by atoms with van der Waals surface area (Å²) < 4.78 is 27.9. The van der Waals surface area contributed by atoms with Crippen molar-refractivity contribution < 1.29 is 17.9 Å². The molecule has 0 atom stereocenters. The molecule has 1 N–H and O–H groups in total. The van der Waals surface area contributed by atoms with Crippen molar-refractivity contribution in [3.8, 4) is 0 Å². The highest BCUT2D eigenvalue weighted by molar-refractivity contribution is 7.89. The van der Waals surface area contributed by atoms with Crippen LogP contribution >= 0.6 is 0 Å². The molecule has 1 amide bonds. The van der Waals surface area contributed by atoms with Gasteiger partial charge in [-0.25, -0.2) is 8.42 Å². The Balaban J connectivity index is 1.89. The quantitative estimate of drug-likeness (QED) is 0.785. The largest absolute Gasteiger partial charge is 0.377 e. The third-order valence-corrected chi connectivity index (χ3v) is 4.45. The Morgan fingerprint density at radius 2 is 1.52 bits per heavy atom. The molecule has 25 heavy (non-hydrogen) atoms. The SMILES string of the molecule is CCOCc1ccc(CNC(=O)c2ccc(CS(C)(=O)=O)cc2)cc1. The van der Waals surface area contributed by atoms with E-state index in [0.717, 1.165) is 11.1 Å². The van der Waals surface area contributed by atoms with Crippen molar-refractivity contribution in [3.63, 3.8) is 0 Å². The average Bonchev–Trinajstić information content (AvgIpc) is 2.58. The van der Waals surface area contributed by atoms with Gasteiger partial charge in [0.1, 0.15) is 0 Å². The molecule has 5 nitrogen and oxygen atoms in total. The van der Waals surface area contributed by atoms with Gasteiger partial charge in [-0.3, -0.25) is 4.79 Å². The van der Waals surface area contributed by atoms with Crippen LogP contribution in [0.2, 0.25) is 0 Å². The summed E-state index contributed by atoms with van der Waals surface area (Å²) in [5, 5.41) is 2.86. The number of nitrogens with one attached hydrogen (secondary N) is 1. The van der Waals surface area contributed by atoms with Gasteiger partial charge in [-0.1, -0.05) is 36.4 Å². The molecule has 134 valence electrons. The molecular weight excluding hydrogens is 338 g/mol. The zero-order valence-electron chi connectivity index (χ0n) is 14.5. The van der Waals surface area contributed by atoms with Crippen LogP contribution in [0.5, 0.6) is 0 Å². The number of ether oxygens (including phenoxy) is 1. The Kier molecular flexibility index (Phi) is 6.73. The van der Waals surface area contributed by atoms with Gasteiger partial charge in [0.05, 0.1) is 12.4 Å². The lowest BCUT2D eigenvalue weighted by atomic mass is 10.1. The van der Waals surface area contributed by atoms with Gasteiger partial charge in [0.25, 0.3) is 5.91 Å². The number of hydrogen-bond donors (Lipinski definition) is 1. The maximum absolute atomic E-state index is 12.2. The summed E-state index contributed by atoms with van der Waals surface area (Å²) in [4.78, 5) is 12.2. The molecule has 0 heterocycles. The number of hydrogen-bond acceptors (Lipinski definition) is 4. The van der Waals surface area contributed by atoms with Gasteiger partial charge in [-0.15, -0.1) is 0 Å². The summed E-state index contributed by atoms with van der Waals surface area (Å²) in [5.74, 6) is -0.215. The number of carbonyl (C=O) groups is 1. The fraction of sp³-hybridized carbons (Fsp3) is 0.316. The van der Waals surface area contributed by atoms with Crippen LogP contribution < -0.4 is 5.32 Å². The molecule has 0 radical (unpaired) electrons. The standard InChI is InChI=1S/C19H23NO4S/c1-3-24-13-16-6-4-15(5-7-16)12-20-19(21)18-10-8-17(9-11-18)14-25(2,22)23/h4-11H,3,12-14H2,1-2H3,(H,20,21). The smallest absolute Gasteiger partial charge is 0.251 e. The van der Waals surface area contributed by atoms with Crippen LogP contribution in [-0.2, 0) is 33.5 Å². The molecule has 0 aliphatic rings. The van der Waals surface area contributed by atoms with E-state index in [9.17, 15) is 13.2 Å². The Morgan fingerprint density at radius 3 is 2.08 bits per heavy atom. The summed E-state index contributed by atoms with van der Waals surface area (Å²) in [6.07, 6.45) is 1.19. The lowest BCUT2D eigenvalue weighted by Gasteiger charge is -2.08. The number of rotatable bonds is 8. The predicted octanol–water partition coefficient (Wildman–Crippen LogP) is 2.70. The molecule has 0 saturated carbocycles. The molecule has 0 spiro atoms. The fourth-order valence-corrected chi connectivity index (χ4v) is 3.11. The first-order chi connectivity index (χ1) is 11.9. The summed E-state index contributed by atoms with van der Waals surface area (Å²) >= 11 is 0. The fourth-order valence-electron chi connectivity index (χ4n) is 2.31. The van der Waals surface area contributed by atoms with Crippen molar-refractivity contribution in [1.82, 2.24) is 5.32 Å². The predicted molar refractivity (Wildman–Crippen MR) is 97.9 cm³/mol. The summed E-state index contributed by atoms with van der Waals surface area (Å²) in [5.41, 5.74) is 3.27. The second-order valence-electron chi connectivity index (χ2n) is 5.90. The lowest BCUT2D eigenvalue weighted by Crippen LogP contribution is -2.22. The maximum atomic E-state index is 12.2. The Labute approximate surface area is 148 Å². The first-order valence-corrected chi connectivity index (χ1v) is 10.1. The minimum absolute atomic E-state index is 0.0248. The number of benzene rings is 2. The summed E-state index contributed by atoms with van der Waals surface area (Å²) in [6, 6.07) is 14.5. The zero-order chi connectivity index (χ0) is 18.3. The first kappa shape index (κ1) is 19.1. The van der Waals surface area contributed by atoms with E-state index >= 15 is 0 Å². The molecular formula is C19H23NO4S. The van der Waals surface area contributed by atoms with Crippen LogP contribution in [0, 0.1) is 0 Å². The Morgan fingerprint density at radius 1 is 0.960 bits per heavy atom. The summed E-state index contributed by atoms with van der Waals surface area (Å²) in [6.45, 7) is 3.65. The topological polar surface area (TPSA) is 72.5 Å². The molecule has 2 aromatic rings. The normalized spacial score (nSPS) is 11.3. The van der Waals surface area contributed by atoms with E-state index in [2.05, 4.69) is 5.32 Å². The van der Waals surface area contributed by atoms with Crippen molar-refractivity contribution in [2.45, 2.75) is 25.8 Å². The minimum atomic E-state index is -3.08. The van der Waals surface area contributed by atoms with Crippen molar-refractivity contribution in [2.24, 2.45) is 0 Å². The van der Waals surface area contributed by atoms with Crippen LogP contribution in [0.1, 0.15) is 34.0 Å². The molecule has 0 bridgehead atoms. The molecule has 0 saturated heterocycles. The van der Waals surface area contributed by atoms with Gasteiger partial charge >= 0.3 is 0 Å². The molecule has 0 fully saturated rings. The number of sulfone groups is 1. The van der Waals surface area contributed by atoms with Gasteiger partial charge < -0.3 is 10.1 Å². The third-order valence-electron chi connectivity index (χ3n) is 3.59. The average molecular weight is 361 g/mol. The van der Waals surface area contributed by atoms with E-state index in [1.54, 1.807) is 24.3 Å². The van der Waals surface area contributed by atoms with Crippen molar-refractivity contribution in [3.05, 3.63) is 70.8 Å². The zero-order valence-corrected chi connectivity index (χ0v) is 15.3. The molecule has 0 aliphatic heterocycles. The van der Waals surface area contributed by atoms with Crippen LogP contribution in [0.25, 0.3) is 0 Å². The van der Waals surface area contributed by atoms with Gasteiger partial charge in [0, 0.05) is 25.0 Å². The van der Waals surface area contributed by atoms with Crippen molar-refractivity contribution in [1.29, 1.82) is 0 Å². The minimum Gasteiger partial charge on any atom is -0.377 e. The maximum Gasteiger partial charge on any atom is 0.251 e. The van der Waals surface area contributed by atoms with E-state index in [1.165, 1.54) is 6.26 Å². The number of carbonyl (C=O) groups excluding carboxylic acids is 1. The number of amides is 1. The van der Waals surface area contributed by atoms with E-state index in [-0.39, 0.29) is 11.7 Å². The van der Waals surface area contributed by atoms with Crippen LogP contribution in [0.3, 0.4) is 0 Å². The molecule has 6 heteroatoms. The van der Waals surface area contributed by atoms with E-state index in [1.807, 2.05) is 31.2 Å².